The predicted molar refractivity (Wildman–Crippen MR) is 112 cm³/mol. The van der Waals surface area contributed by atoms with Crippen molar-refractivity contribution in [2.75, 3.05) is 23.3 Å². The number of amides is 1. The number of halogens is 1. The topological polar surface area (TPSA) is 78.5 Å². The number of carbonyl (C=O) groups is 1. The van der Waals surface area contributed by atoms with E-state index in [0.717, 1.165) is 18.8 Å². The molecule has 2 N–H and O–H groups in total. The lowest BCUT2D eigenvalue weighted by molar-refractivity contribution is -0.117. The Morgan fingerprint density at radius 1 is 1.00 bits per heavy atom. The fraction of sp³-hybridized carbons (Fsp3) is 0.350. The molecule has 1 atom stereocenters. The SMILES string of the molecule is CC(NS(=O)(=O)c1ccc(Cl)cc1)C(=O)Nc1ccc(N2CCCCC2)cc1. The summed E-state index contributed by atoms with van der Waals surface area (Å²) < 4.78 is 27.2. The van der Waals surface area contributed by atoms with E-state index in [0.29, 0.717) is 10.7 Å². The van der Waals surface area contributed by atoms with E-state index >= 15 is 0 Å². The van der Waals surface area contributed by atoms with Crippen LogP contribution in [0.25, 0.3) is 0 Å². The summed E-state index contributed by atoms with van der Waals surface area (Å²) in [5.41, 5.74) is 1.76. The van der Waals surface area contributed by atoms with Crippen LogP contribution in [0.1, 0.15) is 26.2 Å². The minimum Gasteiger partial charge on any atom is -0.372 e. The molecule has 1 saturated heterocycles. The van der Waals surface area contributed by atoms with Crippen LogP contribution in [0.5, 0.6) is 0 Å². The summed E-state index contributed by atoms with van der Waals surface area (Å²) in [6.45, 7) is 3.61. The van der Waals surface area contributed by atoms with Gasteiger partial charge in [0.1, 0.15) is 0 Å². The van der Waals surface area contributed by atoms with Gasteiger partial charge in [-0.3, -0.25) is 4.79 Å². The third kappa shape index (κ3) is 5.25. The first kappa shape index (κ1) is 20.6. The van der Waals surface area contributed by atoms with Gasteiger partial charge in [0.2, 0.25) is 15.9 Å². The highest BCUT2D eigenvalue weighted by molar-refractivity contribution is 7.89. The summed E-state index contributed by atoms with van der Waals surface area (Å²) in [6.07, 6.45) is 3.67. The average molecular weight is 422 g/mol. The minimum absolute atomic E-state index is 0.0578. The van der Waals surface area contributed by atoms with Gasteiger partial charge in [-0.05, 0) is 74.7 Å². The number of hydrogen-bond donors (Lipinski definition) is 2. The van der Waals surface area contributed by atoms with Crippen LogP contribution >= 0.6 is 11.6 Å². The Kier molecular flexibility index (Phi) is 6.59. The van der Waals surface area contributed by atoms with Gasteiger partial charge in [0.15, 0.2) is 0 Å². The fourth-order valence-corrected chi connectivity index (χ4v) is 4.46. The van der Waals surface area contributed by atoms with E-state index in [1.54, 1.807) is 0 Å². The van der Waals surface area contributed by atoms with Gasteiger partial charge in [-0.2, -0.15) is 4.72 Å². The molecule has 1 heterocycles. The molecular weight excluding hydrogens is 398 g/mol. The molecule has 6 nitrogen and oxygen atoms in total. The molecule has 3 rings (SSSR count). The highest BCUT2D eigenvalue weighted by Gasteiger charge is 2.22. The van der Waals surface area contributed by atoms with Gasteiger partial charge in [0.05, 0.1) is 10.9 Å². The maximum Gasteiger partial charge on any atom is 0.242 e. The third-order valence-corrected chi connectivity index (χ3v) is 6.51. The Morgan fingerprint density at radius 2 is 1.61 bits per heavy atom. The quantitative estimate of drug-likeness (QED) is 0.746. The highest BCUT2D eigenvalue weighted by atomic mass is 35.5. The van der Waals surface area contributed by atoms with Gasteiger partial charge in [-0.15, -0.1) is 0 Å². The number of carbonyl (C=O) groups excluding carboxylic acids is 1. The molecule has 1 aliphatic heterocycles. The molecule has 2 aromatic rings. The molecule has 0 saturated carbocycles. The third-order valence-electron chi connectivity index (χ3n) is 4.71. The van der Waals surface area contributed by atoms with Crippen molar-refractivity contribution in [3.63, 3.8) is 0 Å². The van der Waals surface area contributed by atoms with E-state index in [2.05, 4.69) is 14.9 Å². The van der Waals surface area contributed by atoms with Crippen LogP contribution in [-0.2, 0) is 14.8 Å². The Balaban J connectivity index is 1.59. The molecule has 0 aromatic heterocycles. The van der Waals surface area contributed by atoms with Crippen molar-refractivity contribution < 1.29 is 13.2 Å². The average Bonchev–Trinajstić information content (AvgIpc) is 2.69. The molecule has 1 unspecified atom stereocenters. The lowest BCUT2D eigenvalue weighted by atomic mass is 10.1. The Labute approximate surface area is 170 Å². The summed E-state index contributed by atoms with van der Waals surface area (Å²) in [4.78, 5) is 14.8. The monoisotopic (exact) mass is 421 g/mol. The van der Waals surface area contributed by atoms with Gasteiger partial charge >= 0.3 is 0 Å². The lowest BCUT2D eigenvalue weighted by Gasteiger charge is -2.28. The van der Waals surface area contributed by atoms with Crippen LogP contribution in [0.3, 0.4) is 0 Å². The van der Waals surface area contributed by atoms with E-state index < -0.39 is 22.0 Å². The Morgan fingerprint density at radius 3 is 2.21 bits per heavy atom. The van der Waals surface area contributed by atoms with E-state index in [1.165, 1.54) is 50.5 Å². The summed E-state index contributed by atoms with van der Waals surface area (Å²) in [5, 5.41) is 3.19. The molecule has 0 spiro atoms. The normalized spacial score (nSPS) is 15.9. The molecule has 1 fully saturated rings. The van der Waals surface area contributed by atoms with Crippen LogP contribution in [0.15, 0.2) is 53.4 Å². The first-order valence-electron chi connectivity index (χ1n) is 9.29. The van der Waals surface area contributed by atoms with Crippen molar-refractivity contribution in [2.24, 2.45) is 0 Å². The van der Waals surface area contributed by atoms with Gasteiger partial charge < -0.3 is 10.2 Å². The van der Waals surface area contributed by atoms with Crippen LogP contribution in [0.2, 0.25) is 5.02 Å². The molecular formula is C20H24ClN3O3S. The second-order valence-electron chi connectivity index (χ2n) is 6.88. The summed E-state index contributed by atoms with van der Waals surface area (Å²) in [7, 11) is -3.81. The van der Waals surface area contributed by atoms with Gasteiger partial charge in [-0.1, -0.05) is 11.6 Å². The van der Waals surface area contributed by atoms with Crippen molar-refractivity contribution in [3.05, 3.63) is 53.6 Å². The number of nitrogens with one attached hydrogen (secondary N) is 2. The van der Waals surface area contributed by atoms with E-state index in [9.17, 15) is 13.2 Å². The van der Waals surface area contributed by atoms with Gasteiger partial charge in [0.25, 0.3) is 0 Å². The fourth-order valence-electron chi connectivity index (χ4n) is 3.13. The molecule has 0 aliphatic carbocycles. The molecule has 1 aliphatic rings. The Hall–Kier alpha value is -2.09. The first-order valence-corrected chi connectivity index (χ1v) is 11.1. The largest absolute Gasteiger partial charge is 0.372 e. The molecule has 150 valence electrons. The van der Waals surface area contributed by atoms with Crippen molar-refractivity contribution in [2.45, 2.75) is 37.1 Å². The van der Waals surface area contributed by atoms with Gasteiger partial charge in [-0.25, -0.2) is 8.42 Å². The summed E-state index contributed by atoms with van der Waals surface area (Å²) in [6, 6.07) is 12.5. The van der Waals surface area contributed by atoms with Crippen molar-refractivity contribution in [3.8, 4) is 0 Å². The van der Waals surface area contributed by atoms with Crippen LogP contribution < -0.4 is 14.9 Å². The maximum atomic E-state index is 12.4. The number of rotatable bonds is 6. The van der Waals surface area contributed by atoms with Crippen LogP contribution in [-0.4, -0.2) is 33.5 Å². The molecule has 8 heteroatoms. The molecule has 0 bridgehead atoms. The maximum absolute atomic E-state index is 12.4. The van der Waals surface area contributed by atoms with E-state index in [1.807, 2.05) is 24.3 Å². The zero-order chi connectivity index (χ0) is 20.1. The molecule has 1 amide bonds. The second-order valence-corrected chi connectivity index (χ2v) is 9.03. The smallest absolute Gasteiger partial charge is 0.242 e. The second kappa shape index (κ2) is 8.94. The lowest BCUT2D eigenvalue weighted by Crippen LogP contribution is -2.41. The first-order chi connectivity index (χ1) is 13.3. The molecule has 0 radical (unpaired) electrons. The number of nitrogens with zero attached hydrogens (tertiary/aromatic N) is 1. The number of sulfonamides is 1. The zero-order valence-electron chi connectivity index (χ0n) is 15.7. The minimum atomic E-state index is -3.81. The van der Waals surface area contributed by atoms with Crippen molar-refractivity contribution in [1.82, 2.24) is 4.72 Å². The van der Waals surface area contributed by atoms with Crippen LogP contribution in [0, 0.1) is 0 Å². The number of piperidine rings is 1. The van der Waals surface area contributed by atoms with Crippen LogP contribution in [0.4, 0.5) is 11.4 Å². The predicted octanol–water partition coefficient (Wildman–Crippen LogP) is 3.64. The molecule has 28 heavy (non-hydrogen) atoms. The number of anilines is 2. The molecule has 2 aromatic carbocycles. The van der Waals surface area contributed by atoms with E-state index in [4.69, 9.17) is 11.6 Å². The van der Waals surface area contributed by atoms with Crippen molar-refractivity contribution in [1.29, 1.82) is 0 Å². The highest BCUT2D eigenvalue weighted by Crippen LogP contribution is 2.22. The standard InChI is InChI=1S/C20H24ClN3O3S/c1-15(23-28(26,27)19-11-5-16(21)6-12-19)20(25)22-17-7-9-18(10-8-17)24-13-3-2-4-14-24/h5-12,15,23H,2-4,13-14H2,1H3,(H,22,25). The number of hydrogen-bond acceptors (Lipinski definition) is 4. The summed E-state index contributed by atoms with van der Waals surface area (Å²) >= 11 is 5.79. The van der Waals surface area contributed by atoms with E-state index in [-0.39, 0.29) is 4.90 Å². The number of benzene rings is 2. The van der Waals surface area contributed by atoms with Crippen molar-refractivity contribution >= 4 is 38.9 Å². The zero-order valence-corrected chi connectivity index (χ0v) is 17.3. The Bertz CT molecular complexity index is 909. The van der Waals surface area contributed by atoms with Gasteiger partial charge in [0, 0.05) is 29.5 Å². The summed E-state index contributed by atoms with van der Waals surface area (Å²) in [5.74, 6) is -0.428.